The fraction of sp³-hybridized carbons (Fsp3) is 0.278. The number of rotatable bonds is 6. The molecule has 0 atom stereocenters. The highest BCUT2D eigenvalue weighted by atomic mass is 127. The second-order valence-corrected chi connectivity index (χ2v) is 5.15. The molecule has 0 heterocycles. The molecule has 0 aliphatic carbocycles. The summed E-state index contributed by atoms with van der Waals surface area (Å²) < 4.78 is 32.2. The van der Waals surface area contributed by atoms with Gasteiger partial charge < -0.3 is 15.4 Å². The number of nitrogens with zero attached hydrogens (tertiary/aromatic N) is 1. The lowest BCUT2D eigenvalue weighted by atomic mass is 10.1. The number of guanidine groups is 1. The lowest BCUT2D eigenvalue weighted by Crippen LogP contribution is -2.38. The predicted molar refractivity (Wildman–Crippen MR) is 107 cm³/mol. The summed E-state index contributed by atoms with van der Waals surface area (Å²) in [6.07, 6.45) is 0.238. The van der Waals surface area contributed by atoms with E-state index in [0.717, 1.165) is 11.3 Å². The number of hydrogen-bond donors (Lipinski definition) is 2. The normalized spacial score (nSPS) is 10.8. The van der Waals surface area contributed by atoms with Gasteiger partial charge >= 0.3 is 0 Å². The summed E-state index contributed by atoms with van der Waals surface area (Å²) in [5.74, 6) is 0.312. The Morgan fingerprint density at radius 1 is 1.04 bits per heavy atom. The fourth-order valence-electron chi connectivity index (χ4n) is 2.23. The third kappa shape index (κ3) is 6.49. The maximum absolute atomic E-state index is 13.6. The number of aliphatic imine (C=N–C) groups is 1. The minimum absolute atomic E-state index is 0. The van der Waals surface area contributed by atoms with E-state index in [1.54, 1.807) is 14.2 Å². The zero-order chi connectivity index (χ0) is 17.4. The summed E-state index contributed by atoms with van der Waals surface area (Å²) in [5.41, 5.74) is 1.15. The second-order valence-electron chi connectivity index (χ2n) is 5.15. The lowest BCUT2D eigenvalue weighted by Gasteiger charge is -2.12. The quantitative estimate of drug-likeness (QED) is 0.394. The SMILES string of the molecule is CN=C(NCCc1c(F)cccc1F)NCc1ccc(OC)cc1.I. The molecule has 0 saturated heterocycles. The van der Waals surface area contributed by atoms with Gasteiger partial charge in [0.2, 0.25) is 0 Å². The number of hydrogen-bond acceptors (Lipinski definition) is 2. The van der Waals surface area contributed by atoms with Crippen LogP contribution in [0.2, 0.25) is 0 Å². The van der Waals surface area contributed by atoms with Gasteiger partial charge in [0.25, 0.3) is 0 Å². The molecule has 0 unspecified atom stereocenters. The van der Waals surface area contributed by atoms with E-state index in [2.05, 4.69) is 15.6 Å². The number of ether oxygens (including phenoxy) is 1. The zero-order valence-electron chi connectivity index (χ0n) is 14.2. The maximum Gasteiger partial charge on any atom is 0.191 e. The summed E-state index contributed by atoms with van der Waals surface area (Å²) in [4.78, 5) is 4.10. The van der Waals surface area contributed by atoms with Crippen LogP contribution in [0, 0.1) is 11.6 Å². The van der Waals surface area contributed by atoms with Crippen molar-refractivity contribution < 1.29 is 13.5 Å². The Labute approximate surface area is 163 Å². The second kappa shape index (κ2) is 10.9. The molecule has 25 heavy (non-hydrogen) atoms. The molecule has 0 amide bonds. The van der Waals surface area contributed by atoms with Gasteiger partial charge in [0.15, 0.2) is 5.96 Å². The minimum atomic E-state index is -0.530. The van der Waals surface area contributed by atoms with Crippen LogP contribution in [0.1, 0.15) is 11.1 Å². The average Bonchev–Trinajstić information content (AvgIpc) is 2.60. The van der Waals surface area contributed by atoms with E-state index in [1.165, 1.54) is 18.2 Å². The standard InChI is InChI=1S/C18H21F2N3O.HI/c1-21-18(23-12-13-6-8-14(24-2)9-7-13)22-11-10-15-16(19)4-3-5-17(15)20;/h3-9H,10-12H2,1-2H3,(H2,21,22,23);1H. The van der Waals surface area contributed by atoms with Crippen LogP contribution in [0.25, 0.3) is 0 Å². The highest BCUT2D eigenvalue weighted by Gasteiger charge is 2.08. The van der Waals surface area contributed by atoms with Crippen LogP contribution in [-0.2, 0) is 13.0 Å². The minimum Gasteiger partial charge on any atom is -0.497 e. The van der Waals surface area contributed by atoms with Crippen LogP contribution in [0.4, 0.5) is 8.78 Å². The van der Waals surface area contributed by atoms with Crippen molar-refractivity contribution in [2.24, 2.45) is 4.99 Å². The molecule has 2 aromatic carbocycles. The summed E-state index contributed by atoms with van der Waals surface area (Å²) in [6, 6.07) is 11.5. The molecule has 0 aliphatic heterocycles. The summed E-state index contributed by atoms with van der Waals surface area (Å²) >= 11 is 0. The first kappa shape index (κ1) is 21.1. The topological polar surface area (TPSA) is 45.7 Å². The monoisotopic (exact) mass is 461 g/mol. The maximum atomic E-state index is 13.6. The Morgan fingerprint density at radius 2 is 1.68 bits per heavy atom. The Balaban J connectivity index is 0.00000312. The van der Waals surface area contributed by atoms with Crippen LogP contribution in [0.3, 0.4) is 0 Å². The van der Waals surface area contributed by atoms with E-state index in [1.807, 2.05) is 24.3 Å². The Hall–Kier alpha value is -1.90. The van der Waals surface area contributed by atoms with Crippen LogP contribution >= 0.6 is 24.0 Å². The molecule has 0 bridgehead atoms. The van der Waals surface area contributed by atoms with Crippen LogP contribution in [-0.4, -0.2) is 26.7 Å². The summed E-state index contributed by atoms with van der Waals surface area (Å²) in [6.45, 7) is 0.956. The average molecular weight is 461 g/mol. The number of halogens is 3. The van der Waals surface area contributed by atoms with E-state index in [-0.39, 0.29) is 36.0 Å². The van der Waals surface area contributed by atoms with Crippen molar-refractivity contribution in [1.29, 1.82) is 0 Å². The summed E-state index contributed by atoms with van der Waals surface area (Å²) in [5, 5.41) is 6.20. The van der Waals surface area contributed by atoms with Gasteiger partial charge in [-0.1, -0.05) is 18.2 Å². The van der Waals surface area contributed by atoms with Crippen molar-refractivity contribution in [1.82, 2.24) is 10.6 Å². The van der Waals surface area contributed by atoms with Gasteiger partial charge in [-0.25, -0.2) is 8.78 Å². The van der Waals surface area contributed by atoms with Gasteiger partial charge in [0.05, 0.1) is 7.11 Å². The van der Waals surface area contributed by atoms with Crippen molar-refractivity contribution in [2.45, 2.75) is 13.0 Å². The Bertz CT molecular complexity index is 673. The first-order valence-electron chi connectivity index (χ1n) is 7.64. The third-order valence-electron chi connectivity index (χ3n) is 3.57. The van der Waals surface area contributed by atoms with Crippen molar-refractivity contribution in [3.05, 3.63) is 65.2 Å². The molecule has 0 saturated carbocycles. The third-order valence-corrected chi connectivity index (χ3v) is 3.57. The molecule has 136 valence electrons. The van der Waals surface area contributed by atoms with Crippen LogP contribution in [0.5, 0.6) is 5.75 Å². The predicted octanol–water partition coefficient (Wildman–Crippen LogP) is 3.50. The van der Waals surface area contributed by atoms with E-state index in [0.29, 0.717) is 19.0 Å². The molecule has 4 nitrogen and oxygen atoms in total. The van der Waals surface area contributed by atoms with Crippen molar-refractivity contribution >= 4 is 29.9 Å². The molecular formula is C18H22F2IN3O. The van der Waals surface area contributed by atoms with Gasteiger partial charge in [-0.15, -0.1) is 24.0 Å². The molecular weight excluding hydrogens is 439 g/mol. The molecule has 0 radical (unpaired) electrons. The molecule has 0 aromatic heterocycles. The first-order valence-corrected chi connectivity index (χ1v) is 7.64. The van der Waals surface area contributed by atoms with Crippen molar-refractivity contribution in [3.63, 3.8) is 0 Å². The molecule has 2 aromatic rings. The van der Waals surface area contributed by atoms with Gasteiger partial charge in [-0.2, -0.15) is 0 Å². The molecule has 0 fully saturated rings. The highest BCUT2D eigenvalue weighted by Crippen LogP contribution is 2.12. The largest absolute Gasteiger partial charge is 0.497 e. The zero-order valence-corrected chi connectivity index (χ0v) is 16.5. The van der Waals surface area contributed by atoms with E-state index >= 15 is 0 Å². The van der Waals surface area contributed by atoms with E-state index in [4.69, 9.17) is 4.74 Å². The molecule has 0 spiro atoms. The Morgan fingerprint density at radius 3 is 2.24 bits per heavy atom. The van der Waals surface area contributed by atoms with E-state index in [9.17, 15) is 8.78 Å². The summed E-state index contributed by atoms with van der Waals surface area (Å²) in [7, 11) is 3.27. The number of benzene rings is 2. The van der Waals surface area contributed by atoms with Gasteiger partial charge in [0, 0.05) is 25.7 Å². The lowest BCUT2D eigenvalue weighted by molar-refractivity contribution is 0.414. The number of nitrogens with one attached hydrogen (secondary N) is 2. The van der Waals surface area contributed by atoms with E-state index < -0.39 is 11.6 Å². The van der Waals surface area contributed by atoms with Gasteiger partial charge in [-0.05, 0) is 36.2 Å². The van der Waals surface area contributed by atoms with Crippen LogP contribution < -0.4 is 15.4 Å². The van der Waals surface area contributed by atoms with Crippen molar-refractivity contribution in [3.8, 4) is 5.75 Å². The molecule has 0 aliphatic rings. The number of methoxy groups -OCH3 is 1. The molecule has 2 rings (SSSR count). The Kier molecular flexibility index (Phi) is 9.18. The molecule has 2 N–H and O–H groups in total. The smallest absolute Gasteiger partial charge is 0.191 e. The first-order chi connectivity index (χ1) is 11.6. The fourth-order valence-corrected chi connectivity index (χ4v) is 2.23. The van der Waals surface area contributed by atoms with Gasteiger partial charge in [-0.3, -0.25) is 4.99 Å². The van der Waals surface area contributed by atoms with Crippen molar-refractivity contribution in [2.75, 3.05) is 20.7 Å². The highest BCUT2D eigenvalue weighted by molar-refractivity contribution is 14.0. The van der Waals surface area contributed by atoms with Crippen LogP contribution in [0.15, 0.2) is 47.5 Å². The molecule has 7 heteroatoms. The van der Waals surface area contributed by atoms with Gasteiger partial charge in [0.1, 0.15) is 17.4 Å².